The van der Waals surface area contributed by atoms with Gasteiger partial charge in [-0.25, -0.2) is 4.98 Å². The Labute approximate surface area is 120 Å². The molecule has 19 heavy (non-hydrogen) atoms. The van der Waals surface area contributed by atoms with Crippen LogP contribution in [-0.2, 0) is 17.1 Å². The monoisotopic (exact) mass is 320 g/mol. The van der Waals surface area contributed by atoms with Gasteiger partial charge in [0.15, 0.2) is 5.03 Å². The second-order valence-electron chi connectivity index (χ2n) is 3.86. The predicted octanol–water partition coefficient (Wildman–Crippen LogP) is 2.23. The maximum Gasteiger partial charge on any atom is 0.280 e. The second kappa shape index (κ2) is 4.99. The van der Waals surface area contributed by atoms with Crippen LogP contribution in [0.5, 0.6) is 0 Å². The molecule has 0 aliphatic rings. The number of halogens is 2. The average Bonchev–Trinajstić information content (AvgIpc) is 2.64. The molecule has 0 aromatic carbocycles. The van der Waals surface area contributed by atoms with Crippen molar-refractivity contribution in [1.82, 2.24) is 14.8 Å². The molecule has 0 saturated carbocycles. The molecule has 0 fully saturated rings. The number of aryl methyl sites for hydroxylation is 2. The molecule has 0 radical (unpaired) electrons. The van der Waals surface area contributed by atoms with E-state index in [0.717, 1.165) is 0 Å². The highest BCUT2D eigenvalue weighted by Gasteiger charge is 2.23. The van der Waals surface area contributed by atoms with Crippen LogP contribution in [-0.4, -0.2) is 23.2 Å². The maximum absolute atomic E-state index is 12.2. The molecule has 0 saturated heterocycles. The Bertz CT molecular complexity index is 708. The maximum atomic E-state index is 12.2. The first-order valence-corrected chi connectivity index (χ1v) is 7.37. The highest BCUT2D eigenvalue weighted by Crippen LogP contribution is 2.23. The Balaban J connectivity index is 2.39. The SMILES string of the molecule is Cc1cc(NS(=O)(=O)c2c(Cl)cnn2C)cnc1Cl. The van der Waals surface area contributed by atoms with Gasteiger partial charge in [0.1, 0.15) is 5.15 Å². The molecule has 0 amide bonds. The van der Waals surface area contributed by atoms with Crippen molar-refractivity contribution in [2.24, 2.45) is 7.05 Å². The first-order chi connectivity index (χ1) is 8.81. The van der Waals surface area contributed by atoms with Crippen molar-refractivity contribution in [2.75, 3.05) is 4.72 Å². The predicted molar refractivity (Wildman–Crippen MR) is 73.0 cm³/mol. The van der Waals surface area contributed by atoms with Crippen molar-refractivity contribution in [3.8, 4) is 0 Å². The fraction of sp³-hybridized carbons (Fsp3) is 0.200. The van der Waals surface area contributed by atoms with Crippen LogP contribution in [0.4, 0.5) is 5.69 Å². The zero-order chi connectivity index (χ0) is 14.2. The second-order valence-corrected chi connectivity index (χ2v) is 6.22. The van der Waals surface area contributed by atoms with Gasteiger partial charge in [-0.05, 0) is 18.6 Å². The summed E-state index contributed by atoms with van der Waals surface area (Å²) >= 11 is 11.6. The van der Waals surface area contributed by atoms with Gasteiger partial charge < -0.3 is 0 Å². The quantitative estimate of drug-likeness (QED) is 0.880. The molecule has 6 nitrogen and oxygen atoms in total. The van der Waals surface area contributed by atoms with E-state index in [9.17, 15) is 8.42 Å². The number of nitrogens with one attached hydrogen (secondary N) is 1. The van der Waals surface area contributed by atoms with Gasteiger partial charge >= 0.3 is 0 Å². The van der Waals surface area contributed by atoms with Crippen LogP contribution in [0.15, 0.2) is 23.5 Å². The molecule has 0 unspecified atom stereocenters. The highest BCUT2D eigenvalue weighted by molar-refractivity contribution is 7.92. The molecule has 2 rings (SSSR count). The van der Waals surface area contributed by atoms with E-state index >= 15 is 0 Å². The van der Waals surface area contributed by atoms with E-state index in [4.69, 9.17) is 23.2 Å². The summed E-state index contributed by atoms with van der Waals surface area (Å²) in [6.45, 7) is 1.73. The van der Waals surface area contributed by atoms with Crippen molar-refractivity contribution in [3.63, 3.8) is 0 Å². The summed E-state index contributed by atoms with van der Waals surface area (Å²) in [6.07, 6.45) is 2.60. The van der Waals surface area contributed by atoms with Gasteiger partial charge in [0.2, 0.25) is 0 Å². The first kappa shape index (κ1) is 14.1. The average molecular weight is 321 g/mol. The van der Waals surface area contributed by atoms with E-state index in [1.807, 2.05) is 0 Å². The lowest BCUT2D eigenvalue weighted by atomic mass is 10.3. The zero-order valence-corrected chi connectivity index (χ0v) is 12.4. The summed E-state index contributed by atoms with van der Waals surface area (Å²) in [4.78, 5) is 3.87. The van der Waals surface area contributed by atoms with Crippen molar-refractivity contribution < 1.29 is 8.42 Å². The van der Waals surface area contributed by atoms with Crippen LogP contribution in [0.1, 0.15) is 5.56 Å². The molecular formula is C10H10Cl2N4O2S. The van der Waals surface area contributed by atoms with E-state index in [1.54, 1.807) is 13.0 Å². The third-order valence-corrected chi connectivity index (χ3v) is 4.65. The zero-order valence-electron chi connectivity index (χ0n) is 10.1. The standard InChI is InChI=1S/C10H10Cl2N4O2S/c1-6-3-7(4-13-9(6)12)15-19(17,18)10-8(11)5-14-16(10)2/h3-5,15H,1-2H3. The van der Waals surface area contributed by atoms with Gasteiger partial charge in [-0.15, -0.1) is 0 Å². The normalized spacial score (nSPS) is 11.6. The number of hydrogen-bond acceptors (Lipinski definition) is 4. The van der Waals surface area contributed by atoms with Gasteiger partial charge in [-0.1, -0.05) is 23.2 Å². The topological polar surface area (TPSA) is 76.9 Å². The minimum atomic E-state index is -3.83. The van der Waals surface area contributed by atoms with Crippen LogP contribution in [0.3, 0.4) is 0 Å². The summed E-state index contributed by atoms with van der Waals surface area (Å²) in [5.74, 6) is 0. The molecule has 0 atom stereocenters. The van der Waals surface area contributed by atoms with E-state index in [-0.39, 0.29) is 10.0 Å². The largest absolute Gasteiger partial charge is 0.280 e. The fourth-order valence-electron chi connectivity index (χ4n) is 1.52. The lowest BCUT2D eigenvalue weighted by molar-refractivity contribution is 0.582. The Morgan fingerprint density at radius 1 is 1.32 bits per heavy atom. The smallest absolute Gasteiger partial charge is 0.277 e. The molecule has 2 aromatic heterocycles. The Kier molecular flexibility index (Phi) is 3.71. The van der Waals surface area contributed by atoms with Gasteiger partial charge in [-0.2, -0.15) is 13.5 Å². The van der Waals surface area contributed by atoms with E-state index in [0.29, 0.717) is 16.4 Å². The van der Waals surface area contributed by atoms with Crippen molar-refractivity contribution in [2.45, 2.75) is 11.9 Å². The summed E-state index contributed by atoms with van der Waals surface area (Å²) in [7, 11) is -2.33. The molecular weight excluding hydrogens is 311 g/mol. The summed E-state index contributed by atoms with van der Waals surface area (Å²) in [5.41, 5.74) is 0.970. The lowest BCUT2D eigenvalue weighted by Gasteiger charge is -2.09. The number of pyridine rings is 1. The number of nitrogens with zero attached hydrogens (tertiary/aromatic N) is 3. The fourth-order valence-corrected chi connectivity index (χ4v) is 3.32. The summed E-state index contributed by atoms with van der Waals surface area (Å²) in [5, 5.41) is 4.05. The minimum absolute atomic E-state index is 0.0497. The van der Waals surface area contributed by atoms with Crippen molar-refractivity contribution in [3.05, 3.63) is 34.2 Å². The van der Waals surface area contributed by atoms with Gasteiger partial charge in [0.25, 0.3) is 10.0 Å². The third-order valence-electron chi connectivity index (χ3n) is 2.36. The minimum Gasteiger partial charge on any atom is -0.277 e. The molecule has 0 bridgehead atoms. The number of sulfonamides is 1. The number of anilines is 1. The molecule has 0 aliphatic carbocycles. The van der Waals surface area contributed by atoms with Gasteiger partial charge in [-0.3, -0.25) is 9.40 Å². The van der Waals surface area contributed by atoms with Crippen LogP contribution >= 0.6 is 23.2 Å². The molecule has 9 heteroatoms. The summed E-state index contributed by atoms with van der Waals surface area (Å²) in [6, 6.07) is 1.58. The van der Waals surface area contributed by atoms with Gasteiger partial charge in [0, 0.05) is 7.05 Å². The highest BCUT2D eigenvalue weighted by atomic mass is 35.5. The van der Waals surface area contributed by atoms with E-state index in [2.05, 4.69) is 14.8 Å². The number of rotatable bonds is 3. The van der Waals surface area contributed by atoms with Crippen LogP contribution in [0, 0.1) is 6.92 Å². The molecule has 1 N–H and O–H groups in total. The Morgan fingerprint density at radius 2 is 2.00 bits per heavy atom. The van der Waals surface area contributed by atoms with E-state index in [1.165, 1.54) is 24.1 Å². The molecule has 2 heterocycles. The van der Waals surface area contributed by atoms with Crippen LogP contribution < -0.4 is 4.72 Å². The Hall–Kier alpha value is -1.31. The molecule has 2 aromatic rings. The number of hydrogen-bond donors (Lipinski definition) is 1. The molecule has 0 spiro atoms. The molecule has 102 valence electrons. The Morgan fingerprint density at radius 3 is 2.53 bits per heavy atom. The van der Waals surface area contributed by atoms with Crippen LogP contribution in [0.2, 0.25) is 10.2 Å². The van der Waals surface area contributed by atoms with Crippen LogP contribution in [0.25, 0.3) is 0 Å². The lowest BCUT2D eigenvalue weighted by Crippen LogP contribution is -2.17. The van der Waals surface area contributed by atoms with Gasteiger partial charge in [0.05, 0.1) is 23.1 Å². The first-order valence-electron chi connectivity index (χ1n) is 5.14. The van der Waals surface area contributed by atoms with E-state index < -0.39 is 10.0 Å². The van der Waals surface area contributed by atoms with Crippen molar-refractivity contribution in [1.29, 1.82) is 0 Å². The van der Waals surface area contributed by atoms with Crippen molar-refractivity contribution >= 4 is 38.9 Å². The third kappa shape index (κ3) is 2.83. The summed E-state index contributed by atoms with van der Waals surface area (Å²) < 4.78 is 27.9. The molecule has 0 aliphatic heterocycles. The number of aromatic nitrogens is 3.